The van der Waals surface area contributed by atoms with Gasteiger partial charge in [-0.2, -0.15) is 0 Å². The number of ether oxygens (including phenoxy) is 1. The molecule has 0 aromatic heterocycles. The molecule has 1 unspecified atom stereocenters. The first-order valence-corrected chi connectivity index (χ1v) is 5.56. The summed E-state index contributed by atoms with van der Waals surface area (Å²) in [6.07, 6.45) is 0.737. The summed E-state index contributed by atoms with van der Waals surface area (Å²) >= 11 is 0. The average Bonchev–Trinajstić information content (AvgIpc) is 2.33. The number of aliphatic hydroxyl groups excluding tert-OH is 1. The molecular weight excluding hydrogens is 202 g/mol. The van der Waals surface area contributed by atoms with Crippen LogP contribution in [0.1, 0.15) is 17.5 Å². The highest BCUT2D eigenvalue weighted by atomic mass is 16.5. The van der Waals surface area contributed by atoms with Crippen LogP contribution in [0.4, 0.5) is 0 Å². The first kappa shape index (κ1) is 13.2. The van der Waals surface area contributed by atoms with Crippen LogP contribution in [-0.4, -0.2) is 32.0 Å². The van der Waals surface area contributed by atoms with E-state index in [-0.39, 0.29) is 12.0 Å². The Morgan fingerprint density at radius 2 is 2.06 bits per heavy atom. The summed E-state index contributed by atoms with van der Waals surface area (Å²) in [5.41, 5.74) is 7.76. The van der Waals surface area contributed by atoms with E-state index >= 15 is 0 Å². The lowest BCUT2D eigenvalue weighted by Crippen LogP contribution is -2.40. The van der Waals surface area contributed by atoms with Crippen LogP contribution in [0, 0.1) is 6.92 Å². The Labute approximate surface area is 97.2 Å². The number of methoxy groups -OCH3 is 1. The largest absolute Gasteiger partial charge is 0.395 e. The van der Waals surface area contributed by atoms with Gasteiger partial charge in [-0.15, -0.1) is 0 Å². The number of aliphatic hydroxyl groups is 1. The summed E-state index contributed by atoms with van der Waals surface area (Å²) in [7, 11) is 1.66. The van der Waals surface area contributed by atoms with Crippen molar-refractivity contribution in [1.29, 1.82) is 0 Å². The predicted molar refractivity (Wildman–Crippen MR) is 65.5 cm³/mol. The van der Waals surface area contributed by atoms with Crippen molar-refractivity contribution in [2.45, 2.75) is 18.8 Å². The van der Waals surface area contributed by atoms with Crippen molar-refractivity contribution in [3.8, 4) is 0 Å². The van der Waals surface area contributed by atoms with E-state index in [1.807, 2.05) is 31.2 Å². The van der Waals surface area contributed by atoms with Gasteiger partial charge in [-0.3, -0.25) is 0 Å². The highest BCUT2D eigenvalue weighted by Crippen LogP contribution is 2.29. The summed E-state index contributed by atoms with van der Waals surface area (Å²) < 4.78 is 5.10. The normalized spacial score (nSPS) is 14.8. The van der Waals surface area contributed by atoms with Gasteiger partial charge in [0.15, 0.2) is 0 Å². The Balaban J connectivity index is 3.05. The van der Waals surface area contributed by atoms with Crippen molar-refractivity contribution in [1.82, 2.24) is 0 Å². The summed E-state index contributed by atoms with van der Waals surface area (Å²) in [6.45, 7) is 3.13. The average molecular weight is 223 g/mol. The molecule has 0 aliphatic rings. The second-order valence-electron chi connectivity index (χ2n) is 4.20. The van der Waals surface area contributed by atoms with Gasteiger partial charge in [-0.05, 0) is 24.5 Å². The van der Waals surface area contributed by atoms with E-state index in [1.165, 1.54) is 0 Å². The lowest BCUT2D eigenvalue weighted by Gasteiger charge is -2.32. The van der Waals surface area contributed by atoms with Crippen molar-refractivity contribution in [3.63, 3.8) is 0 Å². The Morgan fingerprint density at radius 3 is 2.56 bits per heavy atom. The van der Waals surface area contributed by atoms with Crippen LogP contribution in [0.15, 0.2) is 24.3 Å². The number of benzene rings is 1. The molecule has 0 bridgehead atoms. The topological polar surface area (TPSA) is 55.5 Å². The van der Waals surface area contributed by atoms with Gasteiger partial charge in [0.2, 0.25) is 0 Å². The Hall–Kier alpha value is -0.900. The number of rotatable bonds is 6. The van der Waals surface area contributed by atoms with Crippen LogP contribution in [-0.2, 0) is 10.2 Å². The van der Waals surface area contributed by atoms with Gasteiger partial charge >= 0.3 is 0 Å². The highest BCUT2D eigenvalue weighted by molar-refractivity contribution is 5.34. The van der Waals surface area contributed by atoms with Crippen molar-refractivity contribution in [2.75, 3.05) is 26.9 Å². The number of hydrogen-bond donors (Lipinski definition) is 2. The molecule has 3 nitrogen and oxygen atoms in total. The van der Waals surface area contributed by atoms with E-state index in [2.05, 4.69) is 0 Å². The van der Waals surface area contributed by atoms with Crippen LogP contribution in [0.2, 0.25) is 0 Å². The number of aryl methyl sites for hydroxylation is 1. The summed E-state index contributed by atoms with van der Waals surface area (Å²) in [5, 5.41) is 9.65. The molecule has 0 radical (unpaired) electrons. The quantitative estimate of drug-likeness (QED) is 0.762. The summed E-state index contributed by atoms with van der Waals surface area (Å²) in [4.78, 5) is 0. The predicted octanol–water partition coefficient (Wildman–Crippen LogP) is 1.22. The van der Waals surface area contributed by atoms with E-state index in [0.717, 1.165) is 17.5 Å². The molecule has 0 saturated heterocycles. The first-order chi connectivity index (χ1) is 7.70. The fourth-order valence-corrected chi connectivity index (χ4v) is 2.04. The van der Waals surface area contributed by atoms with Crippen molar-refractivity contribution in [2.24, 2.45) is 5.73 Å². The van der Waals surface area contributed by atoms with E-state index in [0.29, 0.717) is 13.2 Å². The third kappa shape index (κ3) is 2.61. The smallest absolute Gasteiger partial charge is 0.0541 e. The van der Waals surface area contributed by atoms with Gasteiger partial charge in [0.05, 0.1) is 6.61 Å². The fourth-order valence-electron chi connectivity index (χ4n) is 2.04. The standard InChI is InChI=1S/C13H21NO2/c1-11-5-3-4-6-12(11)13(9-14,10-15)7-8-16-2/h3-6,15H,7-10,14H2,1-2H3. The Bertz CT molecular complexity index is 321. The molecule has 0 fully saturated rings. The maximum atomic E-state index is 9.65. The second kappa shape index (κ2) is 5.99. The molecule has 0 amide bonds. The van der Waals surface area contributed by atoms with E-state index in [1.54, 1.807) is 7.11 Å². The lowest BCUT2D eigenvalue weighted by atomic mass is 9.76. The molecular formula is C13H21NO2. The molecule has 0 saturated carbocycles. The van der Waals surface area contributed by atoms with Crippen LogP contribution < -0.4 is 5.73 Å². The van der Waals surface area contributed by atoms with Gasteiger partial charge in [-0.25, -0.2) is 0 Å². The van der Waals surface area contributed by atoms with E-state index < -0.39 is 0 Å². The zero-order chi connectivity index (χ0) is 12.0. The molecule has 0 aliphatic heterocycles. The third-order valence-corrected chi connectivity index (χ3v) is 3.19. The van der Waals surface area contributed by atoms with E-state index in [4.69, 9.17) is 10.5 Å². The van der Waals surface area contributed by atoms with Gasteiger partial charge in [0.25, 0.3) is 0 Å². The lowest BCUT2D eigenvalue weighted by molar-refractivity contribution is 0.129. The van der Waals surface area contributed by atoms with Gasteiger partial charge in [-0.1, -0.05) is 24.3 Å². The van der Waals surface area contributed by atoms with Crippen LogP contribution in [0.25, 0.3) is 0 Å². The van der Waals surface area contributed by atoms with Gasteiger partial charge < -0.3 is 15.6 Å². The molecule has 0 heterocycles. The maximum absolute atomic E-state index is 9.65. The van der Waals surface area contributed by atoms with Gasteiger partial charge in [0, 0.05) is 25.7 Å². The van der Waals surface area contributed by atoms with Crippen LogP contribution in [0.5, 0.6) is 0 Å². The fraction of sp³-hybridized carbons (Fsp3) is 0.538. The molecule has 3 N–H and O–H groups in total. The third-order valence-electron chi connectivity index (χ3n) is 3.19. The second-order valence-corrected chi connectivity index (χ2v) is 4.20. The monoisotopic (exact) mass is 223 g/mol. The maximum Gasteiger partial charge on any atom is 0.0541 e. The highest BCUT2D eigenvalue weighted by Gasteiger charge is 2.30. The molecule has 90 valence electrons. The van der Waals surface area contributed by atoms with Crippen molar-refractivity contribution in [3.05, 3.63) is 35.4 Å². The Morgan fingerprint density at radius 1 is 1.38 bits per heavy atom. The van der Waals surface area contributed by atoms with Gasteiger partial charge in [0.1, 0.15) is 0 Å². The minimum atomic E-state index is -0.374. The number of nitrogens with two attached hydrogens (primary N) is 1. The molecule has 1 aromatic carbocycles. The SMILES string of the molecule is COCCC(CN)(CO)c1ccccc1C. The van der Waals surface area contributed by atoms with Crippen LogP contribution in [0.3, 0.4) is 0 Å². The first-order valence-electron chi connectivity index (χ1n) is 5.56. The van der Waals surface area contributed by atoms with Crippen LogP contribution >= 0.6 is 0 Å². The van der Waals surface area contributed by atoms with E-state index in [9.17, 15) is 5.11 Å². The molecule has 16 heavy (non-hydrogen) atoms. The molecule has 1 atom stereocenters. The minimum absolute atomic E-state index is 0.0533. The Kier molecular flexibility index (Phi) is 4.93. The molecule has 0 spiro atoms. The minimum Gasteiger partial charge on any atom is -0.395 e. The molecule has 1 aromatic rings. The zero-order valence-electron chi connectivity index (χ0n) is 10.1. The molecule has 0 aliphatic carbocycles. The summed E-state index contributed by atoms with van der Waals surface area (Å²) in [6, 6.07) is 8.05. The summed E-state index contributed by atoms with van der Waals surface area (Å²) in [5.74, 6) is 0. The molecule has 3 heteroatoms. The molecule has 1 rings (SSSR count). The van der Waals surface area contributed by atoms with Crippen molar-refractivity contribution >= 4 is 0 Å². The van der Waals surface area contributed by atoms with Crippen molar-refractivity contribution < 1.29 is 9.84 Å². The number of hydrogen-bond acceptors (Lipinski definition) is 3. The zero-order valence-corrected chi connectivity index (χ0v) is 10.1.